The highest BCUT2D eigenvalue weighted by atomic mass is 19.4. The standard InChI is InChI=1S/C19H22F3N3O9/c1-8(27)23-14-10(6-13(17(30)31)33-16(14)15(29)11(28)7-26)25-18(32)24-9-4-2-3-5-12(9)34-19(20,21)22/h2-6,10-11,14-16,26,28-29H,7H2,1H3,(H,23,27)(H,30,31)(H2,24,25,32)/t10-,11+,14+,15+,16+/m0/s1. The Balaban J connectivity index is 2.33. The summed E-state index contributed by atoms with van der Waals surface area (Å²) in [4.78, 5) is 35.7. The van der Waals surface area contributed by atoms with Crippen LogP contribution in [-0.2, 0) is 14.3 Å². The minimum atomic E-state index is -5.04. The lowest BCUT2D eigenvalue weighted by Gasteiger charge is -2.40. The molecule has 0 fully saturated rings. The van der Waals surface area contributed by atoms with Crippen LogP contribution in [0.5, 0.6) is 5.75 Å². The van der Waals surface area contributed by atoms with Crippen LogP contribution in [0.15, 0.2) is 36.1 Å². The molecule has 188 valence electrons. The highest BCUT2D eigenvalue weighted by Gasteiger charge is 2.44. The number of nitrogens with one attached hydrogen (secondary N) is 3. The molecule has 0 unspecified atom stereocenters. The highest BCUT2D eigenvalue weighted by Crippen LogP contribution is 2.30. The molecule has 0 radical (unpaired) electrons. The lowest BCUT2D eigenvalue weighted by atomic mass is 9.92. The minimum Gasteiger partial charge on any atom is -0.478 e. The largest absolute Gasteiger partial charge is 0.573 e. The van der Waals surface area contributed by atoms with Gasteiger partial charge in [-0.2, -0.15) is 0 Å². The predicted octanol–water partition coefficient (Wildman–Crippen LogP) is -0.339. The van der Waals surface area contributed by atoms with Crippen molar-refractivity contribution < 1.29 is 57.5 Å². The number of aliphatic carboxylic acids is 1. The number of ether oxygens (including phenoxy) is 2. The fraction of sp³-hybridized carbons (Fsp3) is 0.421. The Morgan fingerprint density at radius 3 is 2.38 bits per heavy atom. The van der Waals surface area contributed by atoms with E-state index in [9.17, 15) is 42.9 Å². The predicted molar refractivity (Wildman–Crippen MR) is 106 cm³/mol. The minimum absolute atomic E-state index is 0.379. The van der Waals surface area contributed by atoms with Gasteiger partial charge in [-0.15, -0.1) is 13.2 Å². The van der Waals surface area contributed by atoms with E-state index in [4.69, 9.17) is 9.84 Å². The summed E-state index contributed by atoms with van der Waals surface area (Å²) in [6, 6.07) is 0.738. The van der Waals surface area contributed by atoms with Crippen molar-refractivity contribution in [3.8, 4) is 5.75 Å². The van der Waals surface area contributed by atoms with Gasteiger partial charge >= 0.3 is 18.4 Å². The van der Waals surface area contributed by atoms with Crippen LogP contribution in [0.25, 0.3) is 0 Å². The van der Waals surface area contributed by atoms with Crippen molar-refractivity contribution in [2.45, 2.75) is 43.7 Å². The molecule has 12 nitrogen and oxygen atoms in total. The molecule has 15 heteroatoms. The van der Waals surface area contributed by atoms with Crippen molar-refractivity contribution in [1.82, 2.24) is 10.6 Å². The fourth-order valence-corrected chi connectivity index (χ4v) is 3.09. The third-order valence-corrected chi connectivity index (χ3v) is 4.49. The number of urea groups is 1. The summed E-state index contributed by atoms with van der Waals surface area (Å²) in [5, 5.41) is 45.2. The molecule has 1 aliphatic rings. The van der Waals surface area contributed by atoms with E-state index in [2.05, 4.69) is 20.7 Å². The zero-order chi connectivity index (χ0) is 25.6. The molecule has 0 aromatic heterocycles. The third-order valence-electron chi connectivity index (χ3n) is 4.49. The number of hydrogen-bond donors (Lipinski definition) is 7. The number of carbonyl (C=O) groups excluding carboxylic acids is 2. The molecule has 0 bridgehead atoms. The number of carboxylic acid groups (broad SMARTS) is 1. The van der Waals surface area contributed by atoms with E-state index in [1.54, 1.807) is 0 Å². The van der Waals surface area contributed by atoms with Gasteiger partial charge < -0.3 is 45.9 Å². The number of para-hydroxylation sites is 2. The number of halogens is 3. The van der Waals surface area contributed by atoms with Crippen LogP contribution in [-0.4, -0.2) is 81.7 Å². The third kappa shape index (κ3) is 7.23. The second-order valence-corrected chi connectivity index (χ2v) is 7.05. The van der Waals surface area contributed by atoms with Crippen LogP contribution in [0.3, 0.4) is 0 Å². The number of carboxylic acids is 1. The van der Waals surface area contributed by atoms with Crippen molar-refractivity contribution in [1.29, 1.82) is 0 Å². The summed E-state index contributed by atoms with van der Waals surface area (Å²) in [6.45, 7) is 0.138. The Labute approximate surface area is 190 Å². The second kappa shape index (κ2) is 11.0. The van der Waals surface area contributed by atoms with Gasteiger partial charge in [-0.1, -0.05) is 12.1 Å². The van der Waals surface area contributed by atoms with Crippen molar-refractivity contribution >= 4 is 23.6 Å². The summed E-state index contributed by atoms with van der Waals surface area (Å²) in [5.74, 6) is -3.79. The van der Waals surface area contributed by atoms with Crippen LogP contribution < -0.4 is 20.7 Å². The van der Waals surface area contributed by atoms with Crippen LogP contribution in [0.1, 0.15) is 6.92 Å². The van der Waals surface area contributed by atoms with Gasteiger partial charge in [-0.05, 0) is 18.2 Å². The van der Waals surface area contributed by atoms with Crippen molar-refractivity contribution in [2.24, 2.45) is 0 Å². The Morgan fingerprint density at radius 1 is 1.18 bits per heavy atom. The number of rotatable bonds is 8. The van der Waals surface area contributed by atoms with E-state index in [1.807, 2.05) is 0 Å². The molecular formula is C19H22F3N3O9. The number of aliphatic hydroxyl groups is 3. The molecule has 0 aliphatic carbocycles. The summed E-state index contributed by atoms with van der Waals surface area (Å²) in [7, 11) is 0. The number of hydrogen-bond acceptors (Lipinski definition) is 8. The molecule has 7 N–H and O–H groups in total. The molecule has 1 aliphatic heterocycles. The van der Waals surface area contributed by atoms with Crippen molar-refractivity contribution in [2.75, 3.05) is 11.9 Å². The maximum absolute atomic E-state index is 12.6. The fourth-order valence-electron chi connectivity index (χ4n) is 3.09. The van der Waals surface area contributed by atoms with E-state index in [1.165, 1.54) is 12.1 Å². The molecule has 34 heavy (non-hydrogen) atoms. The molecule has 1 aromatic carbocycles. The summed E-state index contributed by atoms with van der Waals surface area (Å²) in [5.41, 5.74) is -0.379. The van der Waals surface area contributed by atoms with Crippen LogP contribution >= 0.6 is 0 Å². The summed E-state index contributed by atoms with van der Waals surface area (Å²) >= 11 is 0. The highest BCUT2D eigenvalue weighted by molar-refractivity contribution is 5.92. The number of alkyl halides is 3. The van der Waals surface area contributed by atoms with Crippen LogP contribution in [0.4, 0.5) is 23.7 Å². The van der Waals surface area contributed by atoms with Gasteiger partial charge in [0, 0.05) is 6.92 Å². The maximum Gasteiger partial charge on any atom is 0.573 e. The first-order valence-electron chi connectivity index (χ1n) is 9.60. The van der Waals surface area contributed by atoms with E-state index >= 15 is 0 Å². The van der Waals surface area contributed by atoms with E-state index in [0.717, 1.165) is 25.1 Å². The summed E-state index contributed by atoms with van der Waals surface area (Å²) < 4.78 is 46.8. The quantitative estimate of drug-likeness (QED) is 0.254. The molecule has 0 saturated carbocycles. The molecule has 2 rings (SSSR count). The lowest BCUT2D eigenvalue weighted by molar-refractivity contribution is -0.274. The zero-order valence-corrected chi connectivity index (χ0v) is 17.4. The van der Waals surface area contributed by atoms with Crippen LogP contribution in [0, 0.1) is 0 Å². The number of carbonyl (C=O) groups is 3. The number of anilines is 1. The molecule has 1 heterocycles. The number of amides is 3. The normalized spacial score (nSPS) is 21.9. The van der Waals surface area contributed by atoms with Gasteiger partial charge in [0.05, 0.1) is 24.4 Å². The smallest absolute Gasteiger partial charge is 0.478 e. The van der Waals surface area contributed by atoms with E-state index < -0.39 is 72.8 Å². The Kier molecular flexibility index (Phi) is 8.67. The molecule has 1 aromatic rings. The van der Waals surface area contributed by atoms with E-state index in [-0.39, 0.29) is 5.69 Å². The van der Waals surface area contributed by atoms with Gasteiger partial charge in [-0.25, -0.2) is 9.59 Å². The average molecular weight is 493 g/mol. The topological polar surface area (TPSA) is 187 Å². The molecule has 5 atom stereocenters. The van der Waals surface area contributed by atoms with Crippen LogP contribution in [0.2, 0.25) is 0 Å². The van der Waals surface area contributed by atoms with Gasteiger partial charge in [-0.3, -0.25) is 4.79 Å². The SMILES string of the molecule is CC(=O)N[C@H]1[C@H]([C@H](O)[C@H](O)CO)OC(C(=O)O)=C[C@@H]1NC(=O)Nc1ccccc1OC(F)(F)F. The molecule has 3 amide bonds. The monoisotopic (exact) mass is 493 g/mol. The van der Waals surface area contributed by atoms with Gasteiger partial charge in [0.2, 0.25) is 11.7 Å². The Hall–Kier alpha value is -3.56. The second-order valence-electron chi connectivity index (χ2n) is 7.05. The average Bonchev–Trinajstić information content (AvgIpc) is 2.73. The first-order chi connectivity index (χ1) is 15.8. The van der Waals surface area contributed by atoms with E-state index in [0.29, 0.717) is 0 Å². The first-order valence-corrected chi connectivity index (χ1v) is 9.60. The first kappa shape index (κ1) is 26.7. The van der Waals surface area contributed by atoms with Gasteiger partial charge in [0.15, 0.2) is 5.75 Å². The van der Waals surface area contributed by atoms with Gasteiger partial charge in [0.1, 0.15) is 18.3 Å². The number of aliphatic hydroxyl groups excluding tert-OH is 3. The maximum atomic E-state index is 12.6. The lowest BCUT2D eigenvalue weighted by Crippen LogP contribution is -2.63. The van der Waals surface area contributed by atoms with Crippen molar-refractivity contribution in [3.05, 3.63) is 36.1 Å². The summed E-state index contributed by atoms with van der Waals surface area (Å²) in [6.07, 6.45) is -9.50. The zero-order valence-electron chi connectivity index (χ0n) is 17.4. The molecule has 0 saturated heterocycles. The number of benzene rings is 1. The Bertz CT molecular complexity index is 941. The molecular weight excluding hydrogens is 471 g/mol. The Morgan fingerprint density at radius 2 is 1.82 bits per heavy atom. The van der Waals surface area contributed by atoms with Crippen molar-refractivity contribution in [3.63, 3.8) is 0 Å². The molecule has 0 spiro atoms. The van der Waals surface area contributed by atoms with Gasteiger partial charge in [0.25, 0.3) is 0 Å².